The molecule has 1 amide bonds. The summed E-state index contributed by atoms with van der Waals surface area (Å²) in [6.45, 7) is 5.62. The Labute approximate surface area is 181 Å². The number of benzene rings is 2. The van der Waals surface area contributed by atoms with E-state index in [1.807, 2.05) is 68.4 Å². The molecule has 1 atom stereocenters. The van der Waals surface area contributed by atoms with Gasteiger partial charge in [0.15, 0.2) is 6.61 Å². The molecule has 7 heteroatoms. The molecular weight excluding hydrogens is 394 g/mol. The molecule has 0 radical (unpaired) electrons. The van der Waals surface area contributed by atoms with Crippen LogP contribution in [0, 0.1) is 5.92 Å². The van der Waals surface area contributed by atoms with Crippen LogP contribution in [0.3, 0.4) is 0 Å². The van der Waals surface area contributed by atoms with Gasteiger partial charge in [0.25, 0.3) is 5.89 Å². The number of carbonyl (C=O) groups is 2. The summed E-state index contributed by atoms with van der Waals surface area (Å²) in [6.07, 6.45) is 1.15. The summed E-state index contributed by atoms with van der Waals surface area (Å²) in [6, 6.07) is 16.5. The Morgan fingerprint density at radius 1 is 1.03 bits per heavy atom. The fraction of sp³-hybridized carbons (Fsp3) is 0.333. The Hall–Kier alpha value is -3.48. The van der Waals surface area contributed by atoms with Crippen LogP contribution in [0.25, 0.3) is 11.4 Å². The molecule has 0 fully saturated rings. The molecule has 0 aliphatic carbocycles. The maximum Gasteiger partial charge on any atom is 0.329 e. The first-order valence-electron chi connectivity index (χ1n) is 10.4. The smallest absolute Gasteiger partial charge is 0.329 e. The van der Waals surface area contributed by atoms with Gasteiger partial charge in [0.05, 0.1) is 6.42 Å². The summed E-state index contributed by atoms with van der Waals surface area (Å²) >= 11 is 0. The molecule has 0 unspecified atom stereocenters. The fourth-order valence-corrected chi connectivity index (χ4v) is 3.05. The largest absolute Gasteiger partial charge is 0.454 e. The Balaban J connectivity index is 1.56. The first-order valence-corrected chi connectivity index (χ1v) is 10.4. The van der Waals surface area contributed by atoms with Gasteiger partial charge in [-0.05, 0) is 23.5 Å². The average Bonchev–Trinajstić information content (AvgIpc) is 3.25. The maximum atomic E-state index is 12.6. The van der Waals surface area contributed by atoms with Crippen LogP contribution in [-0.4, -0.2) is 28.1 Å². The molecule has 0 spiro atoms. The zero-order chi connectivity index (χ0) is 22.2. The summed E-state index contributed by atoms with van der Waals surface area (Å²) < 4.78 is 10.5. The summed E-state index contributed by atoms with van der Waals surface area (Å²) in [5.74, 6) is -0.283. The lowest BCUT2D eigenvalue weighted by molar-refractivity contribution is -0.151. The number of nitrogens with one attached hydrogen (secondary N) is 1. The van der Waals surface area contributed by atoms with Crippen LogP contribution in [0.5, 0.6) is 0 Å². The SMILES string of the molecule is CCc1ccc(-c2noc(COC(=O)[C@@H](NC(=O)Cc3ccccc3)C(C)C)n2)cc1. The van der Waals surface area contributed by atoms with E-state index in [0.717, 1.165) is 17.5 Å². The van der Waals surface area contributed by atoms with Crippen molar-refractivity contribution in [2.24, 2.45) is 5.92 Å². The number of carbonyl (C=O) groups excluding carboxylic acids is 2. The van der Waals surface area contributed by atoms with E-state index in [4.69, 9.17) is 9.26 Å². The van der Waals surface area contributed by atoms with E-state index >= 15 is 0 Å². The Morgan fingerprint density at radius 2 is 1.74 bits per heavy atom. The van der Waals surface area contributed by atoms with Crippen LogP contribution in [0.15, 0.2) is 59.1 Å². The van der Waals surface area contributed by atoms with Crippen molar-refractivity contribution in [3.63, 3.8) is 0 Å². The average molecular weight is 421 g/mol. The van der Waals surface area contributed by atoms with E-state index in [0.29, 0.717) is 5.82 Å². The highest BCUT2D eigenvalue weighted by atomic mass is 16.6. The monoisotopic (exact) mass is 421 g/mol. The van der Waals surface area contributed by atoms with Crippen LogP contribution in [0.4, 0.5) is 0 Å². The molecule has 0 aliphatic rings. The number of ether oxygens (including phenoxy) is 1. The molecular formula is C24H27N3O4. The van der Waals surface area contributed by atoms with Crippen molar-refractivity contribution in [2.45, 2.75) is 46.3 Å². The highest BCUT2D eigenvalue weighted by Crippen LogP contribution is 2.17. The third kappa shape index (κ3) is 6.25. The van der Waals surface area contributed by atoms with Gasteiger partial charge in [0, 0.05) is 5.56 Å². The van der Waals surface area contributed by atoms with Gasteiger partial charge in [0.2, 0.25) is 11.7 Å². The standard InChI is InChI=1S/C24H27N3O4/c1-4-17-10-12-19(13-11-17)23-26-21(31-27-23)15-30-24(29)22(16(2)3)25-20(28)14-18-8-6-5-7-9-18/h5-13,16,22H,4,14-15H2,1-3H3,(H,25,28)/t22-/m0/s1. The lowest BCUT2D eigenvalue weighted by atomic mass is 10.0. The molecule has 7 nitrogen and oxygen atoms in total. The second-order valence-electron chi connectivity index (χ2n) is 7.62. The number of aromatic nitrogens is 2. The van der Waals surface area contributed by atoms with Gasteiger partial charge in [-0.1, -0.05) is 80.5 Å². The molecule has 1 heterocycles. The molecule has 1 aromatic heterocycles. The molecule has 3 rings (SSSR count). The number of nitrogens with zero attached hydrogens (tertiary/aromatic N) is 2. The molecule has 31 heavy (non-hydrogen) atoms. The predicted molar refractivity (Wildman–Crippen MR) is 116 cm³/mol. The van der Waals surface area contributed by atoms with E-state index in [1.165, 1.54) is 5.56 Å². The van der Waals surface area contributed by atoms with Crippen molar-refractivity contribution < 1.29 is 18.8 Å². The predicted octanol–water partition coefficient (Wildman–Crippen LogP) is 3.73. The quantitative estimate of drug-likeness (QED) is 0.529. The second-order valence-corrected chi connectivity index (χ2v) is 7.62. The van der Waals surface area contributed by atoms with Crippen molar-refractivity contribution in [1.82, 2.24) is 15.5 Å². The van der Waals surface area contributed by atoms with E-state index in [9.17, 15) is 9.59 Å². The molecule has 1 N–H and O–H groups in total. The molecule has 162 valence electrons. The van der Waals surface area contributed by atoms with E-state index in [-0.39, 0.29) is 30.7 Å². The normalized spacial score (nSPS) is 11.9. The lowest BCUT2D eigenvalue weighted by Gasteiger charge is -2.20. The topological polar surface area (TPSA) is 94.3 Å². The highest BCUT2D eigenvalue weighted by Gasteiger charge is 2.26. The van der Waals surface area contributed by atoms with Crippen LogP contribution in [-0.2, 0) is 33.8 Å². The van der Waals surface area contributed by atoms with Gasteiger partial charge >= 0.3 is 5.97 Å². The van der Waals surface area contributed by atoms with Crippen molar-refractivity contribution in [2.75, 3.05) is 0 Å². The second kappa shape index (κ2) is 10.5. The Kier molecular flexibility index (Phi) is 7.54. The number of amides is 1. The van der Waals surface area contributed by atoms with Crippen LogP contribution in [0.1, 0.15) is 37.8 Å². The van der Waals surface area contributed by atoms with Crippen molar-refractivity contribution in [1.29, 1.82) is 0 Å². The van der Waals surface area contributed by atoms with E-state index in [2.05, 4.69) is 22.4 Å². The van der Waals surface area contributed by atoms with Gasteiger partial charge in [0.1, 0.15) is 6.04 Å². The summed E-state index contributed by atoms with van der Waals surface area (Å²) in [4.78, 5) is 29.2. The number of hydrogen-bond donors (Lipinski definition) is 1. The van der Waals surface area contributed by atoms with Crippen LogP contribution < -0.4 is 5.32 Å². The van der Waals surface area contributed by atoms with Gasteiger partial charge in [-0.2, -0.15) is 4.98 Å². The number of aryl methyl sites for hydroxylation is 1. The first-order chi connectivity index (χ1) is 15.0. The third-order valence-corrected chi connectivity index (χ3v) is 4.87. The molecule has 0 bridgehead atoms. The molecule has 0 saturated heterocycles. The van der Waals surface area contributed by atoms with Crippen LogP contribution >= 0.6 is 0 Å². The minimum absolute atomic E-state index is 0.137. The third-order valence-electron chi connectivity index (χ3n) is 4.87. The van der Waals surface area contributed by atoms with Gasteiger partial charge < -0.3 is 14.6 Å². The minimum Gasteiger partial charge on any atom is -0.454 e. The summed E-state index contributed by atoms with van der Waals surface area (Å²) in [5.41, 5.74) is 2.92. The first kappa shape index (κ1) is 22.2. The lowest BCUT2D eigenvalue weighted by Crippen LogP contribution is -2.45. The zero-order valence-corrected chi connectivity index (χ0v) is 18.0. The van der Waals surface area contributed by atoms with Gasteiger partial charge in [-0.15, -0.1) is 0 Å². The fourth-order valence-electron chi connectivity index (χ4n) is 3.05. The van der Waals surface area contributed by atoms with Gasteiger partial charge in [-0.3, -0.25) is 4.79 Å². The molecule has 3 aromatic rings. The summed E-state index contributed by atoms with van der Waals surface area (Å²) in [5, 5.41) is 6.71. The minimum atomic E-state index is -0.764. The zero-order valence-electron chi connectivity index (χ0n) is 18.0. The Morgan fingerprint density at radius 3 is 2.39 bits per heavy atom. The molecule has 0 aliphatic heterocycles. The van der Waals surface area contributed by atoms with Crippen molar-refractivity contribution >= 4 is 11.9 Å². The number of hydrogen-bond acceptors (Lipinski definition) is 6. The highest BCUT2D eigenvalue weighted by molar-refractivity contribution is 5.85. The van der Waals surface area contributed by atoms with Crippen molar-refractivity contribution in [3.8, 4) is 11.4 Å². The molecule has 2 aromatic carbocycles. The Bertz CT molecular complexity index is 997. The maximum absolute atomic E-state index is 12.6. The number of rotatable bonds is 9. The summed E-state index contributed by atoms with van der Waals surface area (Å²) in [7, 11) is 0. The van der Waals surface area contributed by atoms with Gasteiger partial charge in [-0.25, -0.2) is 4.79 Å². The van der Waals surface area contributed by atoms with Crippen LogP contribution in [0.2, 0.25) is 0 Å². The van der Waals surface area contributed by atoms with E-state index < -0.39 is 12.0 Å². The van der Waals surface area contributed by atoms with Crippen molar-refractivity contribution in [3.05, 3.63) is 71.6 Å². The number of esters is 1. The molecule has 0 saturated carbocycles. The van der Waals surface area contributed by atoms with E-state index in [1.54, 1.807) is 0 Å².